The van der Waals surface area contributed by atoms with Gasteiger partial charge in [-0.25, -0.2) is 14.4 Å². The molecule has 6 aromatic rings. The number of aromatic nitrogens is 6. The normalized spacial score (nSPS) is 27.8. The molecule has 3 N–H and O–H groups in total. The van der Waals surface area contributed by atoms with Gasteiger partial charge < -0.3 is 14.9 Å². The Kier molecular flexibility index (Phi) is 8.69. The van der Waals surface area contributed by atoms with Crippen LogP contribution < -0.4 is 0 Å². The van der Waals surface area contributed by atoms with Crippen molar-refractivity contribution in [1.29, 1.82) is 0 Å². The van der Waals surface area contributed by atoms with E-state index in [1.54, 1.807) is 36.1 Å². The van der Waals surface area contributed by atoms with Crippen LogP contribution in [0.3, 0.4) is 0 Å². The van der Waals surface area contributed by atoms with Crippen molar-refractivity contribution in [3.8, 4) is 20.9 Å². The number of amides is 2. The Morgan fingerprint density at radius 3 is 1.60 bits per heavy atom. The minimum atomic E-state index is -1.40. The molecule has 0 radical (unpaired) electrons. The summed E-state index contributed by atoms with van der Waals surface area (Å²) in [7, 11) is 0. The van der Waals surface area contributed by atoms with Gasteiger partial charge in [-0.15, -0.1) is 45.3 Å². The smallest absolute Gasteiger partial charge is 0.255 e. The molecule has 4 aliphatic heterocycles. The summed E-state index contributed by atoms with van der Waals surface area (Å²) >= 11 is 5.95. The van der Waals surface area contributed by atoms with Crippen LogP contribution in [0, 0.1) is 0 Å². The summed E-state index contributed by atoms with van der Waals surface area (Å²) in [6.45, 7) is 0. The molecule has 0 aliphatic carbocycles. The molecule has 10 heterocycles. The van der Waals surface area contributed by atoms with Crippen LogP contribution in [0.2, 0.25) is 0 Å². The monoisotopic (exact) mass is 774 g/mol. The molecule has 16 heteroatoms. The molecular formula is C36H35FN8O3S4. The number of nitrogens with zero attached hydrogens (tertiary/aromatic N) is 6. The second-order valence-electron chi connectivity index (χ2n) is 14.1. The molecule has 4 atom stereocenters. The van der Waals surface area contributed by atoms with Gasteiger partial charge in [-0.2, -0.15) is 10.2 Å². The van der Waals surface area contributed by atoms with Gasteiger partial charge in [0.15, 0.2) is 5.67 Å². The lowest BCUT2D eigenvalue weighted by molar-refractivity contribution is -0.0480. The predicted octanol–water partition coefficient (Wildman–Crippen LogP) is 7.48. The molecule has 11 nitrogen and oxygen atoms in total. The van der Waals surface area contributed by atoms with Crippen molar-refractivity contribution in [2.45, 2.75) is 86.8 Å². The number of H-pyrrole nitrogens is 2. The summed E-state index contributed by atoms with van der Waals surface area (Å²) in [6, 6.07) is 3.91. The number of rotatable bonds is 6. The fraction of sp³-hybridized carbons (Fsp3) is 0.389. The molecule has 4 bridgehead atoms. The molecule has 2 amide bonds. The Hall–Kier alpha value is -4.09. The van der Waals surface area contributed by atoms with Crippen LogP contribution in [-0.4, -0.2) is 81.3 Å². The fourth-order valence-electron chi connectivity index (χ4n) is 8.60. The summed E-state index contributed by atoms with van der Waals surface area (Å²) in [5.74, 6) is 0.0920. The summed E-state index contributed by atoms with van der Waals surface area (Å²) in [5, 5.41) is 33.5. The lowest BCUT2D eigenvalue weighted by Crippen LogP contribution is -2.51. The van der Waals surface area contributed by atoms with Gasteiger partial charge in [0.05, 0.1) is 23.5 Å². The lowest BCUT2D eigenvalue weighted by Gasteiger charge is -2.42. The fourth-order valence-corrected chi connectivity index (χ4v) is 11.8. The van der Waals surface area contributed by atoms with E-state index in [0.717, 1.165) is 57.1 Å². The highest BCUT2D eigenvalue weighted by molar-refractivity contribution is 7.14. The van der Waals surface area contributed by atoms with E-state index in [0.29, 0.717) is 36.3 Å². The number of alkyl halides is 1. The third kappa shape index (κ3) is 6.03. The first-order valence-corrected chi connectivity index (χ1v) is 20.8. The maximum Gasteiger partial charge on any atom is 0.255 e. The number of thiophene rings is 2. The zero-order valence-corrected chi connectivity index (χ0v) is 31.1. The summed E-state index contributed by atoms with van der Waals surface area (Å²) in [5.41, 5.74) is 1.09. The highest BCUT2D eigenvalue weighted by Gasteiger charge is 2.53. The number of aromatic amines is 2. The van der Waals surface area contributed by atoms with E-state index in [9.17, 15) is 14.7 Å². The SMILES string of the molecule is O=C(c1csc(-c2cn[nH]c2)c1)N1C2CCC1CC(F)(c1nccs1)C2.O=C(c1csc(-c2cn[nH]c2)c1)N1C2CCC1CC(O)(c1nccs1)C2. The van der Waals surface area contributed by atoms with Crippen LogP contribution in [-0.2, 0) is 11.3 Å². The number of aliphatic hydroxyl groups is 1. The Labute approximate surface area is 314 Å². The van der Waals surface area contributed by atoms with Crippen molar-refractivity contribution in [3.05, 3.63) is 92.0 Å². The molecule has 268 valence electrons. The topological polar surface area (TPSA) is 144 Å². The number of thiazole rings is 2. The highest BCUT2D eigenvalue weighted by atomic mass is 32.1. The van der Waals surface area contributed by atoms with Crippen LogP contribution in [0.1, 0.15) is 82.1 Å². The number of hydrogen-bond acceptors (Lipinski definition) is 11. The second kappa shape index (κ2) is 13.4. The molecule has 4 fully saturated rings. The number of nitrogens with one attached hydrogen (secondary N) is 2. The van der Waals surface area contributed by atoms with Crippen molar-refractivity contribution >= 4 is 57.2 Å². The van der Waals surface area contributed by atoms with E-state index in [1.807, 2.05) is 55.8 Å². The number of halogens is 1. The molecule has 4 saturated heterocycles. The van der Waals surface area contributed by atoms with E-state index >= 15 is 4.39 Å². The van der Waals surface area contributed by atoms with E-state index in [4.69, 9.17) is 0 Å². The van der Waals surface area contributed by atoms with Crippen LogP contribution >= 0.6 is 45.3 Å². The van der Waals surface area contributed by atoms with Crippen LogP contribution in [0.25, 0.3) is 20.9 Å². The van der Waals surface area contributed by atoms with Crippen LogP contribution in [0.4, 0.5) is 4.39 Å². The van der Waals surface area contributed by atoms with E-state index < -0.39 is 11.3 Å². The Morgan fingerprint density at radius 2 is 1.17 bits per heavy atom. The zero-order valence-electron chi connectivity index (χ0n) is 27.9. The Balaban J connectivity index is 0.000000138. The van der Waals surface area contributed by atoms with Gasteiger partial charge in [0.25, 0.3) is 11.8 Å². The molecule has 10 rings (SSSR count). The van der Waals surface area contributed by atoms with Gasteiger partial charge in [-0.3, -0.25) is 19.8 Å². The third-order valence-corrected chi connectivity index (χ3v) is 14.8. The number of carbonyl (C=O) groups excluding carboxylic acids is 2. The first kappa shape index (κ1) is 33.7. The van der Waals surface area contributed by atoms with Gasteiger partial charge in [-0.1, -0.05) is 0 Å². The molecule has 4 aliphatic rings. The van der Waals surface area contributed by atoms with E-state index in [2.05, 4.69) is 30.4 Å². The van der Waals surface area contributed by atoms with E-state index in [1.165, 1.54) is 34.0 Å². The van der Waals surface area contributed by atoms with Gasteiger partial charge >= 0.3 is 0 Å². The Morgan fingerprint density at radius 1 is 0.712 bits per heavy atom. The number of hydrogen-bond donors (Lipinski definition) is 3. The molecule has 6 aromatic heterocycles. The lowest BCUT2D eigenvalue weighted by atomic mass is 9.86. The van der Waals surface area contributed by atoms with Crippen molar-refractivity contribution in [1.82, 2.24) is 40.2 Å². The largest absolute Gasteiger partial charge is 0.383 e. The summed E-state index contributed by atoms with van der Waals surface area (Å²) in [4.78, 5) is 40.8. The quantitative estimate of drug-likeness (QED) is 0.159. The third-order valence-electron chi connectivity index (χ3n) is 10.9. The van der Waals surface area contributed by atoms with Gasteiger partial charge in [-0.05, 0) is 37.8 Å². The molecule has 0 spiro atoms. The maximum atomic E-state index is 15.5. The van der Waals surface area contributed by atoms with Crippen molar-refractivity contribution < 1.29 is 19.1 Å². The van der Waals surface area contributed by atoms with Gasteiger partial charge in [0.1, 0.15) is 15.6 Å². The predicted molar refractivity (Wildman–Crippen MR) is 199 cm³/mol. The number of carbonyl (C=O) groups is 2. The molecular weight excluding hydrogens is 740 g/mol. The Bertz CT molecular complexity index is 1970. The van der Waals surface area contributed by atoms with Gasteiger partial charge in [0.2, 0.25) is 0 Å². The second-order valence-corrected chi connectivity index (χ2v) is 17.7. The first-order valence-electron chi connectivity index (χ1n) is 17.3. The highest BCUT2D eigenvalue weighted by Crippen LogP contribution is 2.50. The van der Waals surface area contributed by atoms with Crippen LogP contribution in [0.5, 0.6) is 0 Å². The average Bonchev–Trinajstić information content (AvgIpc) is 3.98. The maximum absolute atomic E-state index is 15.5. The van der Waals surface area contributed by atoms with Crippen molar-refractivity contribution in [2.75, 3.05) is 0 Å². The molecule has 0 aromatic carbocycles. The van der Waals surface area contributed by atoms with Crippen LogP contribution in [0.15, 0.2) is 70.8 Å². The summed E-state index contributed by atoms with van der Waals surface area (Å²) < 4.78 is 15.5. The average molecular weight is 775 g/mol. The standard InChI is InChI=1S/C18H17FN4OS2.C18H18N4O2S2/c19-18(17-20-3-4-25-17)6-13-1-2-14(7-18)23(13)16(24)11-5-15(26-10-11)12-8-21-22-9-12;23-16(11-5-15(26-10-11)12-8-20-21-9-12)22-13-1-2-14(22)7-18(24,6-13)17-19-3-4-25-17/h3-5,8-10,13-14H,1-2,6-7H2,(H,21,22);3-5,8-10,13-14,24H,1-2,6-7H2,(H,20,21). The minimum absolute atomic E-state index is 0.0182. The van der Waals surface area contributed by atoms with Gasteiger partial charge in [0, 0.05) is 117 Å². The van der Waals surface area contributed by atoms with E-state index in [-0.39, 0.29) is 36.0 Å². The minimum Gasteiger partial charge on any atom is -0.383 e. The number of fused-ring (bicyclic) bond motifs is 4. The zero-order chi connectivity index (χ0) is 35.5. The first-order chi connectivity index (χ1) is 25.3. The molecule has 52 heavy (non-hydrogen) atoms. The molecule has 4 unspecified atom stereocenters. The van der Waals surface area contributed by atoms with Crippen molar-refractivity contribution in [3.63, 3.8) is 0 Å². The van der Waals surface area contributed by atoms with Crippen molar-refractivity contribution in [2.24, 2.45) is 0 Å². The number of piperidine rings is 2. The summed E-state index contributed by atoms with van der Waals surface area (Å²) in [6.07, 6.45) is 16.0. The molecule has 0 saturated carbocycles.